The number of nitrogens with one attached hydrogen (secondary N) is 1. The van der Waals surface area contributed by atoms with Crippen molar-refractivity contribution in [2.75, 3.05) is 31.0 Å². The van der Waals surface area contributed by atoms with Gasteiger partial charge in [-0.2, -0.15) is 0 Å². The first-order chi connectivity index (χ1) is 15.7. The Bertz CT molecular complexity index is 1270. The Labute approximate surface area is 193 Å². The molecule has 4 heterocycles. The lowest BCUT2D eigenvalue weighted by molar-refractivity contribution is 0.0482. The number of H-pyrrole nitrogens is 1. The molecule has 1 N–H and O–H groups in total. The van der Waals surface area contributed by atoms with Gasteiger partial charge in [0.05, 0.1) is 25.3 Å². The highest BCUT2D eigenvalue weighted by Crippen LogP contribution is 2.44. The van der Waals surface area contributed by atoms with E-state index in [4.69, 9.17) is 19.4 Å². The van der Waals surface area contributed by atoms with Crippen LogP contribution >= 0.6 is 0 Å². The molecule has 2 aliphatic rings. The molecule has 0 bridgehead atoms. The molecule has 5 rings (SSSR count). The molecular weight excluding hydrogens is 442 g/mol. The largest absolute Gasteiger partial charge is 0.486 e. The molecule has 2 atom stereocenters. The maximum absolute atomic E-state index is 12.8. The van der Waals surface area contributed by atoms with E-state index >= 15 is 0 Å². The molecule has 1 saturated heterocycles. The van der Waals surface area contributed by atoms with Gasteiger partial charge in [-0.1, -0.05) is 24.3 Å². The molecule has 10 heteroatoms. The quantitative estimate of drug-likeness (QED) is 0.621. The zero-order valence-corrected chi connectivity index (χ0v) is 19.9. The van der Waals surface area contributed by atoms with Crippen LogP contribution in [0.3, 0.4) is 0 Å². The van der Waals surface area contributed by atoms with Crippen molar-refractivity contribution in [2.45, 2.75) is 37.6 Å². The fraction of sp³-hybridized carbons (Fsp3) is 0.435. The summed E-state index contributed by atoms with van der Waals surface area (Å²) in [5, 5.41) is 0. The maximum atomic E-state index is 12.8. The van der Waals surface area contributed by atoms with Crippen molar-refractivity contribution >= 4 is 15.7 Å². The van der Waals surface area contributed by atoms with Gasteiger partial charge in [0.1, 0.15) is 22.9 Å². The Balaban J connectivity index is 1.68. The van der Waals surface area contributed by atoms with E-state index < -0.39 is 14.6 Å². The second kappa shape index (κ2) is 7.81. The molecule has 0 unspecified atom stereocenters. The summed E-state index contributed by atoms with van der Waals surface area (Å²) in [7, 11) is -3.49. The standard InChI is InChI=1S/C23H27N5O4S/c1-14-11-31-12-17-13-32-18-19(23(2,3)33(4,29)30)26-21(27-22(18)28(14)17)16-7-5-15(6-8-16)20-24-9-10-25-20/h5-10,14,17H,11-13H2,1-4H3,(H,24,25)/t14-,17+/m1/s1. The number of anilines is 1. The third-order valence-corrected chi connectivity index (χ3v) is 8.51. The Morgan fingerprint density at radius 1 is 1.09 bits per heavy atom. The molecule has 0 saturated carbocycles. The molecule has 2 aliphatic heterocycles. The predicted molar refractivity (Wildman–Crippen MR) is 125 cm³/mol. The number of fused-ring (bicyclic) bond motifs is 3. The van der Waals surface area contributed by atoms with Gasteiger partial charge in [0.15, 0.2) is 27.2 Å². The van der Waals surface area contributed by atoms with Gasteiger partial charge in [0.25, 0.3) is 0 Å². The molecule has 0 aliphatic carbocycles. The van der Waals surface area contributed by atoms with Crippen molar-refractivity contribution in [3.05, 3.63) is 42.4 Å². The van der Waals surface area contributed by atoms with Gasteiger partial charge in [0, 0.05) is 29.8 Å². The summed E-state index contributed by atoms with van der Waals surface area (Å²) in [6, 6.07) is 7.80. The first-order valence-corrected chi connectivity index (χ1v) is 12.8. The van der Waals surface area contributed by atoms with Gasteiger partial charge in [-0.3, -0.25) is 0 Å². The van der Waals surface area contributed by atoms with Crippen LogP contribution in [0, 0.1) is 0 Å². The van der Waals surface area contributed by atoms with E-state index in [1.165, 1.54) is 6.26 Å². The van der Waals surface area contributed by atoms with Crippen molar-refractivity contribution in [2.24, 2.45) is 0 Å². The summed E-state index contributed by atoms with van der Waals surface area (Å²) < 4.78 is 36.0. The van der Waals surface area contributed by atoms with Gasteiger partial charge in [-0.15, -0.1) is 0 Å². The minimum Gasteiger partial charge on any atom is -0.486 e. The average molecular weight is 470 g/mol. The highest BCUT2D eigenvalue weighted by molar-refractivity contribution is 7.91. The van der Waals surface area contributed by atoms with E-state index in [2.05, 4.69) is 21.8 Å². The fourth-order valence-corrected chi connectivity index (χ4v) is 4.73. The highest BCUT2D eigenvalue weighted by atomic mass is 32.2. The monoisotopic (exact) mass is 469 g/mol. The molecule has 0 amide bonds. The summed E-state index contributed by atoms with van der Waals surface area (Å²) in [6.07, 6.45) is 4.70. The number of morpholine rings is 1. The molecule has 9 nitrogen and oxygen atoms in total. The molecular formula is C23H27N5O4S. The Morgan fingerprint density at radius 3 is 2.48 bits per heavy atom. The third-order valence-electron chi connectivity index (χ3n) is 6.46. The highest BCUT2D eigenvalue weighted by Gasteiger charge is 2.43. The lowest BCUT2D eigenvalue weighted by atomic mass is 10.0. The van der Waals surface area contributed by atoms with E-state index in [-0.39, 0.29) is 12.1 Å². The van der Waals surface area contributed by atoms with Gasteiger partial charge in [0.2, 0.25) is 0 Å². The van der Waals surface area contributed by atoms with Gasteiger partial charge in [-0.25, -0.2) is 23.4 Å². The van der Waals surface area contributed by atoms with E-state index in [0.717, 1.165) is 17.0 Å². The number of aromatic nitrogens is 4. The maximum Gasteiger partial charge on any atom is 0.185 e. The van der Waals surface area contributed by atoms with Crippen LogP contribution in [0.25, 0.3) is 22.8 Å². The van der Waals surface area contributed by atoms with Crippen LogP contribution in [0.5, 0.6) is 5.75 Å². The van der Waals surface area contributed by atoms with E-state index in [1.54, 1.807) is 26.2 Å². The molecule has 2 aromatic heterocycles. The number of sulfone groups is 1. The summed E-state index contributed by atoms with van der Waals surface area (Å²) in [4.78, 5) is 19.2. The molecule has 0 spiro atoms. The minimum atomic E-state index is -3.49. The number of ether oxygens (including phenoxy) is 2. The topological polar surface area (TPSA) is 110 Å². The average Bonchev–Trinajstić information content (AvgIpc) is 3.32. The summed E-state index contributed by atoms with van der Waals surface area (Å²) in [5.74, 6) is 2.28. The Morgan fingerprint density at radius 2 is 1.82 bits per heavy atom. The number of benzene rings is 1. The Hall–Kier alpha value is -2.98. The van der Waals surface area contributed by atoms with Gasteiger partial charge in [-0.05, 0) is 20.8 Å². The van der Waals surface area contributed by atoms with Crippen molar-refractivity contribution in [3.8, 4) is 28.5 Å². The summed E-state index contributed by atoms with van der Waals surface area (Å²) >= 11 is 0. The number of rotatable bonds is 4. The van der Waals surface area contributed by atoms with Crippen LogP contribution in [-0.2, 0) is 19.3 Å². The third kappa shape index (κ3) is 3.67. The zero-order chi connectivity index (χ0) is 23.4. The van der Waals surface area contributed by atoms with Crippen molar-refractivity contribution < 1.29 is 17.9 Å². The van der Waals surface area contributed by atoms with E-state index in [9.17, 15) is 8.42 Å². The zero-order valence-electron chi connectivity index (χ0n) is 19.1. The Kier molecular flexibility index (Phi) is 5.17. The smallest absolute Gasteiger partial charge is 0.185 e. The molecule has 33 heavy (non-hydrogen) atoms. The number of imidazole rings is 1. The second-order valence-electron chi connectivity index (χ2n) is 9.10. The van der Waals surface area contributed by atoms with Crippen LogP contribution in [-0.4, -0.2) is 66.5 Å². The number of hydrogen-bond acceptors (Lipinski definition) is 8. The molecule has 1 fully saturated rings. The van der Waals surface area contributed by atoms with Gasteiger partial charge >= 0.3 is 0 Å². The van der Waals surface area contributed by atoms with Gasteiger partial charge < -0.3 is 19.4 Å². The van der Waals surface area contributed by atoms with Crippen LogP contribution < -0.4 is 9.64 Å². The lowest BCUT2D eigenvalue weighted by Crippen LogP contribution is -2.56. The number of hydrogen-bond donors (Lipinski definition) is 1. The summed E-state index contributed by atoms with van der Waals surface area (Å²) in [6.45, 7) is 6.89. The first kappa shape index (κ1) is 21.8. The minimum absolute atomic E-state index is 0.0134. The van der Waals surface area contributed by atoms with E-state index in [0.29, 0.717) is 42.9 Å². The second-order valence-corrected chi connectivity index (χ2v) is 11.7. The predicted octanol–water partition coefficient (Wildman–Crippen LogP) is 2.80. The van der Waals surface area contributed by atoms with Crippen LogP contribution in [0.1, 0.15) is 26.5 Å². The van der Waals surface area contributed by atoms with Crippen LogP contribution in [0.4, 0.5) is 5.82 Å². The lowest BCUT2D eigenvalue weighted by Gasteiger charge is -2.45. The first-order valence-electron chi connectivity index (χ1n) is 10.9. The SMILES string of the molecule is C[C@@H]1COC[C@H]2COc3c(nc(-c4ccc(-c5ncc[nH]5)cc4)nc3C(C)(C)S(C)(=O)=O)N21. The molecule has 3 aromatic rings. The van der Waals surface area contributed by atoms with E-state index in [1.807, 2.05) is 24.3 Å². The summed E-state index contributed by atoms with van der Waals surface area (Å²) in [5.41, 5.74) is 2.09. The molecule has 0 radical (unpaired) electrons. The van der Waals surface area contributed by atoms with Crippen molar-refractivity contribution in [1.29, 1.82) is 0 Å². The van der Waals surface area contributed by atoms with Crippen LogP contribution in [0.15, 0.2) is 36.7 Å². The molecule has 1 aromatic carbocycles. The van der Waals surface area contributed by atoms with Crippen molar-refractivity contribution in [1.82, 2.24) is 19.9 Å². The normalized spacial score (nSPS) is 20.7. The van der Waals surface area contributed by atoms with Crippen molar-refractivity contribution in [3.63, 3.8) is 0 Å². The van der Waals surface area contributed by atoms with Crippen LogP contribution in [0.2, 0.25) is 0 Å². The molecule has 174 valence electrons. The fourth-order valence-electron chi connectivity index (χ4n) is 4.24. The number of aromatic amines is 1. The number of nitrogens with zero attached hydrogens (tertiary/aromatic N) is 4.